The SMILES string of the molecule is CCO[C@@H]1C[C@@H](Nc2cc(C)nc(OC)n2)C12CCOCC2. The van der Waals surface area contributed by atoms with Gasteiger partial charge in [0.25, 0.3) is 0 Å². The van der Waals surface area contributed by atoms with Gasteiger partial charge >= 0.3 is 6.01 Å². The van der Waals surface area contributed by atoms with Gasteiger partial charge < -0.3 is 19.5 Å². The van der Waals surface area contributed by atoms with Crippen molar-refractivity contribution in [3.05, 3.63) is 11.8 Å². The van der Waals surface area contributed by atoms with Gasteiger partial charge in [0.2, 0.25) is 0 Å². The molecule has 122 valence electrons. The second-order valence-corrected chi connectivity index (χ2v) is 6.10. The summed E-state index contributed by atoms with van der Waals surface area (Å²) in [4.78, 5) is 8.64. The van der Waals surface area contributed by atoms with Crippen LogP contribution in [-0.4, -0.2) is 49.0 Å². The minimum Gasteiger partial charge on any atom is -0.467 e. The molecule has 6 nitrogen and oxygen atoms in total. The van der Waals surface area contributed by atoms with Gasteiger partial charge in [-0.25, -0.2) is 4.98 Å². The normalized spacial score (nSPS) is 26.5. The van der Waals surface area contributed by atoms with Crippen molar-refractivity contribution in [3.63, 3.8) is 0 Å². The molecule has 1 saturated heterocycles. The molecule has 22 heavy (non-hydrogen) atoms. The maximum absolute atomic E-state index is 5.95. The minimum absolute atomic E-state index is 0.167. The van der Waals surface area contributed by atoms with Gasteiger partial charge in [0.05, 0.1) is 13.2 Å². The second kappa shape index (κ2) is 6.38. The number of nitrogens with one attached hydrogen (secondary N) is 1. The Bertz CT molecular complexity index is 517. The molecule has 6 heteroatoms. The van der Waals surface area contributed by atoms with E-state index in [0.717, 1.165) is 50.6 Å². The fourth-order valence-corrected chi connectivity index (χ4v) is 3.69. The number of hydrogen-bond acceptors (Lipinski definition) is 6. The average Bonchev–Trinajstić information content (AvgIpc) is 2.54. The monoisotopic (exact) mass is 307 g/mol. The van der Waals surface area contributed by atoms with Crippen LogP contribution in [0.2, 0.25) is 0 Å². The topological polar surface area (TPSA) is 65.5 Å². The molecule has 1 N–H and O–H groups in total. The molecule has 0 aromatic carbocycles. The standard InChI is InChI=1S/C16H25N3O3/c1-4-22-13-10-12(16(13)5-7-21-8-6-16)18-14-9-11(2)17-15(19-14)20-3/h9,12-13H,4-8,10H2,1-3H3,(H,17,18,19)/t12-,13-/m1/s1. The molecule has 3 rings (SSSR count). The van der Waals surface area contributed by atoms with Crippen molar-refractivity contribution in [3.8, 4) is 6.01 Å². The number of rotatable bonds is 5. The first-order chi connectivity index (χ1) is 10.7. The van der Waals surface area contributed by atoms with E-state index in [1.165, 1.54) is 0 Å². The third kappa shape index (κ3) is 2.77. The highest BCUT2D eigenvalue weighted by Crippen LogP contribution is 2.51. The van der Waals surface area contributed by atoms with Crippen LogP contribution in [-0.2, 0) is 9.47 Å². The first kappa shape index (κ1) is 15.5. The van der Waals surface area contributed by atoms with Crippen LogP contribution in [0.1, 0.15) is 31.9 Å². The van der Waals surface area contributed by atoms with Crippen LogP contribution in [0.25, 0.3) is 0 Å². The van der Waals surface area contributed by atoms with E-state index in [4.69, 9.17) is 14.2 Å². The molecule has 1 aromatic heterocycles. The first-order valence-corrected chi connectivity index (χ1v) is 8.03. The zero-order valence-electron chi connectivity index (χ0n) is 13.6. The molecule has 0 bridgehead atoms. The lowest BCUT2D eigenvalue weighted by Crippen LogP contribution is -2.63. The summed E-state index contributed by atoms with van der Waals surface area (Å²) in [6.07, 6.45) is 3.41. The lowest BCUT2D eigenvalue weighted by Gasteiger charge is -2.57. The van der Waals surface area contributed by atoms with Gasteiger partial charge in [-0.15, -0.1) is 0 Å². The Balaban J connectivity index is 1.75. The van der Waals surface area contributed by atoms with Crippen molar-refractivity contribution < 1.29 is 14.2 Å². The van der Waals surface area contributed by atoms with E-state index in [-0.39, 0.29) is 5.41 Å². The predicted octanol–water partition coefficient (Wildman–Crippen LogP) is 2.18. The van der Waals surface area contributed by atoms with Crippen LogP contribution >= 0.6 is 0 Å². The van der Waals surface area contributed by atoms with Gasteiger partial charge in [0.1, 0.15) is 5.82 Å². The Labute approximate surface area is 131 Å². The summed E-state index contributed by atoms with van der Waals surface area (Å²) < 4.78 is 16.7. The van der Waals surface area contributed by atoms with Crippen LogP contribution in [0.3, 0.4) is 0 Å². The number of hydrogen-bond donors (Lipinski definition) is 1. The average molecular weight is 307 g/mol. The summed E-state index contributed by atoms with van der Waals surface area (Å²) >= 11 is 0. The Morgan fingerprint density at radius 2 is 2.14 bits per heavy atom. The van der Waals surface area contributed by atoms with E-state index in [2.05, 4.69) is 22.2 Å². The van der Waals surface area contributed by atoms with Crippen LogP contribution in [0.15, 0.2) is 6.07 Å². The van der Waals surface area contributed by atoms with Crippen molar-refractivity contribution in [2.75, 3.05) is 32.2 Å². The molecule has 0 unspecified atom stereocenters. The van der Waals surface area contributed by atoms with Gasteiger partial charge in [0, 0.05) is 43.0 Å². The summed E-state index contributed by atoms with van der Waals surface area (Å²) in [6, 6.07) is 2.74. The van der Waals surface area contributed by atoms with Gasteiger partial charge in [-0.2, -0.15) is 4.98 Å². The zero-order valence-corrected chi connectivity index (χ0v) is 13.6. The third-order valence-electron chi connectivity index (χ3n) is 4.91. The van der Waals surface area contributed by atoms with E-state index in [9.17, 15) is 0 Å². The highest BCUT2D eigenvalue weighted by molar-refractivity contribution is 5.40. The summed E-state index contributed by atoms with van der Waals surface area (Å²) in [7, 11) is 1.59. The predicted molar refractivity (Wildman–Crippen MR) is 83.2 cm³/mol. The Morgan fingerprint density at radius 1 is 1.36 bits per heavy atom. The maximum atomic E-state index is 5.95. The molecule has 2 heterocycles. The Kier molecular flexibility index (Phi) is 4.49. The molecular weight excluding hydrogens is 282 g/mol. The van der Waals surface area contributed by atoms with Gasteiger partial charge in [0.15, 0.2) is 0 Å². The molecule has 2 aliphatic rings. The van der Waals surface area contributed by atoms with E-state index in [0.29, 0.717) is 18.2 Å². The number of aryl methyl sites for hydroxylation is 1. The summed E-state index contributed by atoms with van der Waals surface area (Å²) in [6.45, 7) is 6.40. The zero-order chi connectivity index (χ0) is 15.6. The molecule has 0 radical (unpaired) electrons. The van der Waals surface area contributed by atoms with Gasteiger partial charge in [-0.05, 0) is 33.1 Å². The minimum atomic E-state index is 0.167. The Morgan fingerprint density at radius 3 is 2.82 bits per heavy atom. The number of aromatic nitrogens is 2. The van der Waals surface area contributed by atoms with Crippen molar-refractivity contribution in [2.45, 2.75) is 45.3 Å². The molecule has 1 aromatic rings. The van der Waals surface area contributed by atoms with Crippen LogP contribution < -0.4 is 10.1 Å². The lowest BCUT2D eigenvalue weighted by molar-refractivity contribution is -0.159. The smallest absolute Gasteiger partial charge is 0.318 e. The van der Waals surface area contributed by atoms with E-state index in [1.54, 1.807) is 7.11 Å². The summed E-state index contributed by atoms with van der Waals surface area (Å²) in [5.74, 6) is 0.829. The van der Waals surface area contributed by atoms with E-state index in [1.807, 2.05) is 13.0 Å². The lowest BCUT2D eigenvalue weighted by atomic mass is 9.57. The van der Waals surface area contributed by atoms with Gasteiger partial charge in [-0.1, -0.05) is 0 Å². The quantitative estimate of drug-likeness (QED) is 0.899. The fourth-order valence-electron chi connectivity index (χ4n) is 3.69. The van der Waals surface area contributed by atoms with Crippen LogP contribution in [0.5, 0.6) is 6.01 Å². The summed E-state index contributed by atoms with van der Waals surface area (Å²) in [5.41, 5.74) is 1.07. The van der Waals surface area contributed by atoms with Crippen molar-refractivity contribution in [1.82, 2.24) is 9.97 Å². The van der Waals surface area contributed by atoms with Gasteiger partial charge in [-0.3, -0.25) is 0 Å². The number of anilines is 1. The van der Waals surface area contributed by atoms with E-state index >= 15 is 0 Å². The molecule has 1 aliphatic carbocycles. The highest BCUT2D eigenvalue weighted by Gasteiger charge is 2.56. The third-order valence-corrected chi connectivity index (χ3v) is 4.91. The molecule has 1 aliphatic heterocycles. The first-order valence-electron chi connectivity index (χ1n) is 8.03. The molecule has 1 saturated carbocycles. The Hall–Kier alpha value is -1.40. The fraction of sp³-hybridized carbons (Fsp3) is 0.750. The van der Waals surface area contributed by atoms with Crippen LogP contribution in [0.4, 0.5) is 5.82 Å². The number of ether oxygens (including phenoxy) is 3. The van der Waals surface area contributed by atoms with Crippen molar-refractivity contribution in [1.29, 1.82) is 0 Å². The van der Waals surface area contributed by atoms with Crippen LogP contribution in [0, 0.1) is 12.3 Å². The van der Waals surface area contributed by atoms with E-state index < -0.39 is 0 Å². The molecular formula is C16H25N3O3. The molecule has 0 amide bonds. The second-order valence-electron chi connectivity index (χ2n) is 6.10. The maximum Gasteiger partial charge on any atom is 0.318 e. The highest BCUT2D eigenvalue weighted by atomic mass is 16.5. The molecule has 2 atom stereocenters. The number of methoxy groups -OCH3 is 1. The molecule has 2 fully saturated rings. The van der Waals surface area contributed by atoms with Crippen molar-refractivity contribution in [2.24, 2.45) is 5.41 Å². The van der Waals surface area contributed by atoms with Crippen molar-refractivity contribution >= 4 is 5.82 Å². The molecule has 1 spiro atoms. The summed E-state index contributed by atoms with van der Waals surface area (Å²) in [5, 5.41) is 3.58. The number of nitrogens with zero attached hydrogens (tertiary/aromatic N) is 2. The largest absolute Gasteiger partial charge is 0.467 e.